The largest absolute Gasteiger partial charge is 0.493 e. The number of thioether (sulfide) groups is 3. The third-order valence-corrected chi connectivity index (χ3v) is 14.6. The number of carbonyl (C=O) groups excluding carboxylic acids is 3. The number of carbonyl (C=O) groups is 3. The average molecular weight is 871 g/mol. The lowest BCUT2D eigenvalue weighted by Gasteiger charge is -2.26. The van der Waals surface area contributed by atoms with E-state index in [2.05, 4.69) is 20.8 Å². The number of hydrogen-bond acceptors (Lipinski definition) is 12. The lowest BCUT2D eigenvalue weighted by atomic mass is 9.85. The summed E-state index contributed by atoms with van der Waals surface area (Å²) in [4.78, 5) is 40.8. The molecule has 0 amide bonds. The van der Waals surface area contributed by atoms with Gasteiger partial charge in [0.05, 0.1) is 40.6 Å². The van der Waals surface area contributed by atoms with Gasteiger partial charge in [-0.15, -0.1) is 0 Å². The summed E-state index contributed by atoms with van der Waals surface area (Å²) >= 11 is 5.26. The first kappa shape index (κ1) is 43.8. The molecule has 4 aromatic carbocycles. The molecule has 1 aliphatic carbocycles. The second-order valence-corrected chi connectivity index (χ2v) is 18.4. The van der Waals surface area contributed by atoms with Crippen molar-refractivity contribution in [1.29, 1.82) is 0 Å². The number of fused-ring (bicyclic) bond motifs is 3. The molecule has 6 aliphatic heterocycles. The fourth-order valence-corrected chi connectivity index (χ4v) is 11.7. The predicted molar refractivity (Wildman–Crippen MR) is 241 cm³/mol. The highest BCUT2D eigenvalue weighted by atomic mass is 32.2. The maximum absolute atomic E-state index is 13.6. The third-order valence-electron chi connectivity index (χ3n) is 11.6. The maximum Gasteiger partial charge on any atom is 0.312 e. The molecule has 11 rings (SSSR count). The van der Waals surface area contributed by atoms with Crippen molar-refractivity contribution in [2.75, 3.05) is 38.6 Å². The van der Waals surface area contributed by atoms with Crippen molar-refractivity contribution < 1.29 is 42.8 Å². The van der Waals surface area contributed by atoms with Crippen LogP contribution in [0.2, 0.25) is 0 Å². The number of methoxy groups -OCH3 is 3. The van der Waals surface area contributed by atoms with Gasteiger partial charge >= 0.3 is 17.9 Å². The van der Waals surface area contributed by atoms with Crippen molar-refractivity contribution in [3.05, 3.63) is 103 Å². The fraction of sp³-hybridized carbons (Fsp3) is 0.438. The second kappa shape index (κ2) is 20.1. The van der Waals surface area contributed by atoms with E-state index in [-0.39, 0.29) is 37.2 Å². The zero-order chi connectivity index (χ0) is 42.3. The topological polar surface area (TPSA) is 107 Å². The normalized spacial score (nSPS) is 16.2. The van der Waals surface area contributed by atoms with E-state index < -0.39 is 0 Å². The van der Waals surface area contributed by atoms with Crippen LogP contribution in [0.25, 0.3) is 0 Å². The van der Waals surface area contributed by atoms with Crippen LogP contribution in [0.15, 0.2) is 36.4 Å². The molecule has 318 valence electrons. The minimum Gasteiger partial charge on any atom is -0.493 e. The van der Waals surface area contributed by atoms with Gasteiger partial charge in [0.25, 0.3) is 0 Å². The quantitative estimate of drug-likeness (QED) is 0.120. The van der Waals surface area contributed by atoms with Gasteiger partial charge in [-0.3, -0.25) is 14.4 Å². The molecule has 0 aromatic heterocycles. The van der Waals surface area contributed by atoms with E-state index in [0.717, 1.165) is 69.9 Å². The zero-order valence-electron chi connectivity index (χ0n) is 35.5. The van der Waals surface area contributed by atoms with E-state index in [1.54, 1.807) is 56.6 Å². The van der Waals surface area contributed by atoms with Gasteiger partial charge in [0.1, 0.15) is 0 Å². The predicted octanol–water partition coefficient (Wildman–Crippen LogP) is 9.80. The first-order valence-electron chi connectivity index (χ1n) is 20.8. The second-order valence-electron chi connectivity index (χ2n) is 15.1. The lowest BCUT2D eigenvalue weighted by Crippen LogP contribution is -2.14. The molecule has 0 spiro atoms. The minimum absolute atomic E-state index is 0.245. The summed E-state index contributed by atoms with van der Waals surface area (Å²) in [5.41, 5.74) is 13.7. The van der Waals surface area contributed by atoms with Crippen LogP contribution in [0.1, 0.15) is 107 Å². The first-order valence-corrected chi connectivity index (χ1v) is 24.3. The summed E-state index contributed by atoms with van der Waals surface area (Å²) in [7, 11) is 4.73. The first-order chi connectivity index (χ1) is 29.2. The summed E-state index contributed by atoms with van der Waals surface area (Å²) in [6, 6.07) is 11.5. The van der Waals surface area contributed by atoms with Crippen LogP contribution in [-0.4, -0.2) is 56.5 Å². The van der Waals surface area contributed by atoms with Gasteiger partial charge in [0.2, 0.25) is 0 Å². The SMILES string of the molecule is CCc1c2c(CC)c3c(CC)c1CSCCC(=O)Oc1cc4c(cc1OC)Cc1cc(c(OC)cc1Cc1cc(c(OC)cc1C4)OC(=O)CCSC2)OC(=O)CCSC3. The summed E-state index contributed by atoms with van der Waals surface area (Å²) < 4.78 is 35.9. The number of benzene rings is 4. The molecule has 0 unspecified atom stereocenters. The van der Waals surface area contributed by atoms with Crippen molar-refractivity contribution >= 4 is 53.2 Å². The van der Waals surface area contributed by atoms with E-state index in [4.69, 9.17) is 28.4 Å². The van der Waals surface area contributed by atoms with E-state index in [1.165, 1.54) is 33.4 Å². The van der Waals surface area contributed by atoms with Crippen molar-refractivity contribution in [2.45, 2.75) is 95.8 Å². The third kappa shape index (κ3) is 9.61. The molecule has 60 heavy (non-hydrogen) atoms. The molecule has 0 N–H and O–H groups in total. The van der Waals surface area contributed by atoms with Gasteiger partial charge in [-0.2, -0.15) is 35.3 Å². The van der Waals surface area contributed by atoms with Crippen LogP contribution in [0.3, 0.4) is 0 Å². The van der Waals surface area contributed by atoms with Gasteiger partial charge in [-0.25, -0.2) is 0 Å². The number of rotatable bonds is 6. The molecular formula is C48H54O9S3. The Balaban J connectivity index is 1.45. The number of ether oxygens (including phenoxy) is 6. The van der Waals surface area contributed by atoms with Crippen molar-refractivity contribution in [2.24, 2.45) is 0 Å². The van der Waals surface area contributed by atoms with Crippen LogP contribution in [0.4, 0.5) is 0 Å². The van der Waals surface area contributed by atoms with Crippen molar-refractivity contribution in [3.63, 3.8) is 0 Å². The summed E-state index contributed by atoms with van der Waals surface area (Å²) in [5, 5.41) is 0. The number of hydrogen-bond donors (Lipinski definition) is 0. The molecule has 7 aliphatic rings. The Hall–Kier alpha value is -4.26. The van der Waals surface area contributed by atoms with Gasteiger partial charge in [-0.05, 0) is 142 Å². The average Bonchev–Trinajstić information content (AvgIpc) is 3.29. The maximum atomic E-state index is 13.6. The Kier molecular flexibility index (Phi) is 14.7. The lowest BCUT2D eigenvalue weighted by molar-refractivity contribution is -0.134. The molecule has 0 saturated heterocycles. The van der Waals surface area contributed by atoms with E-state index >= 15 is 0 Å². The number of esters is 3. The molecule has 0 atom stereocenters. The Labute approximate surface area is 366 Å². The summed E-state index contributed by atoms with van der Waals surface area (Å²) in [5.74, 6) is 5.56. The molecule has 12 heteroatoms. The van der Waals surface area contributed by atoms with Crippen LogP contribution < -0.4 is 28.4 Å². The van der Waals surface area contributed by atoms with Crippen LogP contribution in [0.5, 0.6) is 34.5 Å². The van der Waals surface area contributed by atoms with E-state index in [0.29, 0.717) is 71.0 Å². The standard InChI is InChI=1S/C48H54O9S3/c1-7-34-37-25-58-13-10-46(49)55-43-22-31-16-28-19-40(52-4)44-23-32(28)17-30-21-42(54-6)45(24-33(30)18-29(31)20-41(43)53-5)57-48(51)12-15-60-27-39(35(37)8-2)36(9-3)38(34)26-59-14-11-47(50)56-44/h19-24H,7-18,25-27H2,1-6H3. The molecule has 6 heterocycles. The van der Waals surface area contributed by atoms with E-state index in [9.17, 15) is 14.4 Å². The molecule has 12 bridgehead atoms. The van der Waals surface area contributed by atoms with E-state index in [1.807, 2.05) is 36.4 Å². The minimum atomic E-state index is -0.319. The Bertz CT molecular complexity index is 2010. The fourth-order valence-electron chi connectivity index (χ4n) is 8.66. The van der Waals surface area contributed by atoms with Crippen LogP contribution >= 0.6 is 35.3 Å². The highest BCUT2D eigenvalue weighted by Crippen LogP contribution is 2.42. The monoisotopic (exact) mass is 870 g/mol. The zero-order valence-corrected chi connectivity index (χ0v) is 37.9. The van der Waals surface area contributed by atoms with Crippen molar-refractivity contribution in [1.82, 2.24) is 0 Å². The molecule has 0 fully saturated rings. The van der Waals surface area contributed by atoms with Gasteiger partial charge in [0.15, 0.2) is 34.5 Å². The van der Waals surface area contributed by atoms with Crippen LogP contribution in [0, 0.1) is 0 Å². The highest BCUT2D eigenvalue weighted by Gasteiger charge is 2.26. The molecular weight excluding hydrogens is 817 g/mol. The molecule has 0 saturated carbocycles. The highest BCUT2D eigenvalue weighted by molar-refractivity contribution is 7.99. The van der Waals surface area contributed by atoms with Gasteiger partial charge in [0, 0.05) is 34.5 Å². The van der Waals surface area contributed by atoms with Crippen LogP contribution in [-0.2, 0) is 70.2 Å². The van der Waals surface area contributed by atoms with Gasteiger partial charge in [-0.1, -0.05) is 20.8 Å². The molecule has 4 aromatic rings. The molecule has 0 radical (unpaired) electrons. The Morgan fingerprint density at radius 2 is 0.717 bits per heavy atom. The van der Waals surface area contributed by atoms with Gasteiger partial charge < -0.3 is 28.4 Å². The summed E-state index contributed by atoms with van der Waals surface area (Å²) in [6.45, 7) is 6.66. The summed E-state index contributed by atoms with van der Waals surface area (Å²) in [6.07, 6.45) is 4.77. The Morgan fingerprint density at radius 1 is 0.450 bits per heavy atom. The smallest absolute Gasteiger partial charge is 0.312 e. The molecule has 9 nitrogen and oxygen atoms in total. The van der Waals surface area contributed by atoms with Crippen molar-refractivity contribution in [3.8, 4) is 34.5 Å². The Morgan fingerprint density at radius 3 is 0.967 bits per heavy atom.